The second-order valence-electron chi connectivity index (χ2n) is 7.14. The van der Waals surface area contributed by atoms with Crippen molar-refractivity contribution in [1.82, 2.24) is 10.2 Å². The molecule has 0 spiro atoms. The van der Waals surface area contributed by atoms with Crippen LogP contribution in [0.5, 0.6) is 11.5 Å². The molecule has 2 N–H and O–H groups in total. The Kier molecular flexibility index (Phi) is 6.19. The molecule has 28 heavy (non-hydrogen) atoms. The van der Waals surface area contributed by atoms with Crippen molar-refractivity contribution in [3.8, 4) is 11.5 Å². The highest BCUT2D eigenvalue weighted by molar-refractivity contribution is 5.95. The van der Waals surface area contributed by atoms with E-state index in [9.17, 15) is 14.7 Å². The number of amides is 2. The predicted octanol–water partition coefficient (Wildman–Crippen LogP) is 2.89. The van der Waals surface area contributed by atoms with Crippen molar-refractivity contribution in [2.24, 2.45) is 0 Å². The van der Waals surface area contributed by atoms with Gasteiger partial charge in [0.2, 0.25) is 0 Å². The fourth-order valence-electron chi connectivity index (χ4n) is 3.31. The van der Waals surface area contributed by atoms with Gasteiger partial charge < -0.3 is 20.1 Å². The predicted molar refractivity (Wildman–Crippen MR) is 106 cm³/mol. The molecule has 2 amide bonds. The minimum Gasteiger partial charge on any atom is -0.508 e. The van der Waals surface area contributed by atoms with E-state index in [1.165, 1.54) is 12.1 Å². The number of carbonyl (C=O) groups excluding carboxylic acids is 2. The molecule has 0 bridgehead atoms. The number of aromatic hydroxyl groups is 1. The van der Waals surface area contributed by atoms with Gasteiger partial charge in [-0.15, -0.1) is 0 Å². The zero-order valence-electron chi connectivity index (χ0n) is 16.2. The van der Waals surface area contributed by atoms with Crippen LogP contribution in [0.15, 0.2) is 48.5 Å². The number of likely N-dealkylation sites (tertiary alicyclic amines) is 1. The first-order valence-electron chi connectivity index (χ1n) is 9.55. The molecule has 1 aliphatic rings. The summed E-state index contributed by atoms with van der Waals surface area (Å²) in [4.78, 5) is 26.9. The van der Waals surface area contributed by atoms with Crippen LogP contribution in [-0.2, 0) is 4.79 Å². The number of ether oxygens (including phenoxy) is 1. The number of benzene rings is 2. The zero-order chi connectivity index (χ0) is 20.1. The number of hydrogen-bond donors (Lipinski definition) is 2. The lowest BCUT2D eigenvalue weighted by Gasteiger charge is -2.33. The number of carbonyl (C=O) groups is 2. The first-order chi connectivity index (χ1) is 13.4. The molecular weight excluding hydrogens is 356 g/mol. The SMILES string of the molecule is Cc1ccccc1C(=O)N1CCC(NC(=O)C(C)Oc2ccc(O)cc2)CC1. The third-order valence-electron chi connectivity index (χ3n) is 5.02. The van der Waals surface area contributed by atoms with Crippen LogP contribution in [0, 0.1) is 6.92 Å². The average molecular weight is 382 g/mol. The van der Waals surface area contributed by atoms with E-state index in [0.29, 0.717) is 18.8 Å². The van der Waals surface area contributed by atoms with Gasteiger partial charge in [-0.05, 0) is 62.6 Å². The second-order valence-corrected chi connectivity index (χ2v) is 7.14. The van der Waals surface area contributed by atoms with Crippen LogP contribution in [0.3, 0.4) is 0 Å². The van der Waals surface area contributed by atoms with Crippen molar-refractivity contribution in [2.45, 2.75) is 38.8 Å². The van der Waals surface area contributed by atoms with Crippen LogP contribution in [-0.4, -0.2) is 47.1 Å². The summed E-state index contributed by atoms with van der Waals surface area (Å²) in [5.41, 5.74) is 1.71. The average Bonchev–Trinajstić information content (AvgIpc) is 2.70. The molecule has 1 atom stereocenters. The molecule has 1 heterocycles. The summed E-state index contributed by atoms with van der Waals surface area (Å²) >= 11 is 0. The molecule has 6 nitrogen and oxygen atoms in total. The van der Waals surface area contributed by atoms with Gasteiger partial charge in [-0.2, -0.15) is 0 Å². The van der Waals surface area contributed by atoms with Gasteiger partial charge in [0.15, 0.2) is 6.10 Å². The largest absolute Gasteiger partial charge is 0.508 e. The highest BCUT2D eigenvalue weighted by Gasteiger charge is 2.26. The summed E-state index contributed by atoms with van der Waals surface area (Å²) in [5.74, 6) is 0.541. The smallest absolute Gasteiger partial charge is 0.260 e. The quantitative estimate of drug-likeness (QED) is 0.833. The molecule has 0 aliphatic carbocycles. The van der Waals surface area contributed by atoms with Gasteiger partial charge in [-0.1, -0.05) is 18.2 Å². The number of piperidine rings is 1. The van der Waals surface area contributed by atoms with Gasteiger partial charge in [0, 0.05) is 24.7 Å². The molecule has 2 aromatic rings. The van der Waals surface area contributed by atoms with Crippen molar-refractivity contribution in [3.63, 3.8) is 0 Å². The molecule has 1 unspecified atom stereocenters. The fraction of sp³-hybridized carbons (Fsp3) is 0.364. The topological polar surface area (TPSA) is 78.9 Å². The van der Waals surface area contributed by atoms with Crippen molar-refractivity contribution >= 4 is 11.8 Å². The van der Waals surface area contributed by atoms with E-state index in [2.05, 4.69) is 5.32 Å². The summed E-state index contributed by atoms with van der Waals surface area (Å²) in [7, 11) is 0. The van der Waals surface area contributed by atoms with E-state index in [0.717, 1.165) is 24.0 Å². The van der Waals surface area contributed by atoms with Crippen molar-refractivity contribution in [2.75, 3.05) is 13.1 Å². The summed E-state index contributed by atoms with van der Waals surface area (Å²) in [5, 5.41) is 12.3. The number of phenolic OH excluding ortho intramolecular Hbond substituents is 1. The Hall–Kier alpha value is -3.02. The number of rotatable bonds is 5. The van der Waals surface area contributed by atoms with Crippen molar-refractivity contribution in [1.29, 1.82) is 0 Å². The van der Waals surface area contributed by atoms with Gasteiger partial charge >= 0.3 is 0 Å². The molecule has 1 saturated heterocycles. The number of nitrogens with zero attached hydrogens (tertiary/aromatic N) is 1. The van der Waals surface area contributed by atoms with Gasteiger partial charge in [0.1, 0.15) is 11.5 Å². The Bertz CT molecular complexity index is 827. The fourth-order valence-corrected chi connectivity index (χ4v) is 3.31. The maximum absolute atomic E-state index is 12.7. The molecule has 1 aliphatic heterocycles. The first-order valence-corrected chi connectivity index (χ1v) is 9.55. The summed E-state index contributed by atoms with van der Waals surface area (Å²) in [6, 6.07) is 13.9. The first kappa shape index (κ1) is 19.7. The maximum Gasteiger partial charge on any atom is 0.260 e. The highest BCUT2D eigenvalue weighted by atomic mass is 16.5. The van der Waals surface area contributed by atoms with E-state index in [1.807, 2.05) is 36.1 Å². The van der Waals surface area contributed by atoms with E-state index in [4.69, 9.17) is 4.74 Å². The summed E-state index contributed by atoms with van der Waals surface area (Å²) < 4.78 is 5.62. The molecule has 1 fully saturated rings. The lowest BCUT2D eigenvalue weighted by Crippen LogP contribution is -2.49. The van der Waals surface area contributed by atoms with Crippen LogP contribution in [0.25, 0.3) is 0 Å². The molecular formula is C22H26N2O4. The Balaban J connectivity index is 1.48. The third-order valence-corrected chi connectivity index (χ3v) is 5.02. The van der Waals surface area contributed by atoms with E-state index in [-0.39, 0.29) is 23.6 Å². The van der Waals surface area contributed by atoms with Gasteiger partial charge in [0.25, 0.3) is 11.8 Å². The number of aryl methyl sites for hydroxylation is 1. The van der Waals surface area contributed by atoms with Crippen LogP contribution in [0.1, 0.15) is 35.7 Å². The normalized spacial score (nSPS) is 15.7. The van der Waals surface area contributed by atoms with E-state index in [1.54, 1.807) is 19.1 Å². The van der Waals surface area contributed by atoms with Crippen molar-refractivity contribution < 1.29 is 19.4 Å². The van der Waals surface area contributed by atoms with E-state index < -0.39 is 6.10 Å². The molecule has 0 radical (unpaired) electrons. The molecule has 3 rings (SSSR count). The van der Waals surface area contributed by atoms with Gasteiger partial charge in [-0.25, -0.2) is 0 Å². The van der Waals surface area contributed by atoms with Crippen LogP contribution < -0.4 is 10.1 Å². The summed E-state index contributed by atoms with van der Waals surface area (Å²) in [6.45, 7) is 4.87. The maximum atomic E-state index is 12.7. The molecule has 148 valence electrons. The minimum atomic E-state index is -0.642. The van der Waals surface area contributed by atoms with Gasteiger partial charge in [0.05, 0.1) is 0 Å². The molecule has 2 aromatic carbocycles. The Morgan fingerprint density at radius 2 is 1.75 bits per heavy atom. The van der Waals surface area contributed by atoms with E-state index >= 15 is 0 Å². The summed E-state index contributed by atoms with van der Waals surface area (Å²) in [6.07, 6.45) is 0.793. The standard InChI is InChI=1S/C22H26N2O4/c1-15-5-3-4-6-20(15)22(27)24-13-11-17(12-14-24)23-21(26)16(2)28-19-9-7-18(25)8-10-19/h3-10,16-17,25H,11-14H2,1-2H3,(H,23,26). The molecule has 0 aromatic heterocycles. The van der Waals surface area contributed by atoms with Crippen LogP contribution in [0.4, 0.5) is 0 Å². The van der Waals surface area contributed by atoms with Crippen molar-refractivity contribution in [3.05, 3.63) is 59.7 Å². The highest BCUT2D eigenvalue weighted by Crippen LogP contribution is 2.19. The van der Waals surface area contributed by atoms with Crippen LogP contribution >= 0.6 is 0 Å². The minimum absolute atomic E-state index is 0.0271. The number of nitrogens with one attached hydrogen (secondary N) is 1. The lowest BCUT2D eigenvalue weighted by molar-refractivity contribution is -0.128. The Labute approximate surface area is 165 Å². The Morgan fingerprint density at radius 1 is 1.11 bits per heavy atom. The molecule has 0 saturated carbocycles. The lowest BCUT2D eigenvalue weighted by atomic mass is 10.0. The number of hydrogen-bond acceptors (Lipinski definition) is 4. The number of phenols is 1. The van der Waals surface area contributed by atoms with Crippen LogP contribution in [0.2, 0.25) is 0 Å². The molecule has 6 heteroatoms. The Morgan fingerprint density at radius 3 is 2.39 bits per heavy atom. The zero-order valence-corrected chi connectivity index (χ0v) is 16.2. The van der Waals surface area contributed by atoms with Gasteiger partial charge in [-0.3, -0.25) is 9.59 Å². The third kappa shape index (κ3) is 4.82. The monoisotopic (exact) mass is 382 g/mol. The second kappa shape index (κ2) is 8.78.